The van der Waals surface area contributed by atoms with Gasteiger partial charge < -0.3 is 0 Å². The van der Waals surface area contributed by atoms with Gasteiger partial charge in [-0.25, -0.2) is 0 Å². The highest BCUT2D eigenvalue weighted by Crippen LogP contribution is 2.25. The monoisotopic (exact) mass is 254 g/mol. The van der Waals surface area contributed by atoms with E-state index in [1.165, 1.54) is 6.42 Å². The topological polar surface area (TPSA) is 17.1 Å². The molecule has 0 aromatic heterocycles. The van der Waals surface area contributed by atoms with Crippen molar-refractivity contribution < 1.29 is 4.79 Å². The number of hydrogen-bond acceptors (Lipinski definition) is 1. The maximum absolute atomic E-state index is 12.1. The summed E-state index contributed by atoms with van der Waals surface area (Å²) in [6, 6.07) is 4.98. The molecular formula is C13H12Cl2O. The number of benzene rings is 1. The number of carbonyl (C=O) groups excluding carboxylic acids is 1. The van der Waals surface area contributed by atoms with E-state index in [1.807, 2.05) is 6.08 Å². The molecule has 0 aliphatic heterocycles. The summed E-state index contributed by atoms with van der Waals surface area (Å²) in [6.07, 6.45) is 6.15. The van der Waals surface area contributed by atoms with Gasteiger partial charge in [0.25, 0.3) is 0 Å². The van der Waals surface area contributed by atoms with Gasteiger partial charge in [0.15, 0.2) is 5.78 Å². The first-order chi connectivity index (χ1) is 7.66. The van der Waals surface area contributed by atoms with Gasteiger partial charge in [-0.1, -0.05) is 29.3 Å². The molecule has 0 bridgehead atoms. The second kappa shape index (κ2) is 5.03. The first-order valence-corrected chi connectivity index (χ1v) is 6.12. The van der Waals surface area contributed by atoms with Crippen LogP contribution in [-0.2, 0) is 0 Å². The highest BCUT2D eigenvalue weighted by molar-refractivity contribution is 6.35. The van der Waals surface area contributed by atoms with E-state index in [1.54, 1.807) is 18.2 Å². The molecule has 0 N–H and O–H groups in total. The van der Waals surface area contributed by atoms with Crippen LogP contribution in [-0.4, -0.2) is 5.78 Å². The van der Waals surface area contributed by atoms with E-state index in [0.29, 0.717) is 15.6 Å². The molecule has 1 aliphatic carbocycles. The summed E-state index contributed by atoms with van der Waals surface area (Å²) in [7, 11) is 0. The summed E-state index contributed by atoms with van der Waals surface area (Å²) in [5.74, 6) is 0.0594. The predicted octanol–water partition coefficient (Wildman–Crippen LogP) is 4.68. The van der Waals surface area contributed by atoms with Gasteiger partial charge in [-0.05, 0) is 49.5 Å². The van der Waals surface area contributed by atoms with Crippen molar-refractivity contribution in [3.8, 4) is 0 Å². The Kier molecular flexibility index (Phi) is 3.67. The Bertz CT molecular complexity index is 429. The minimum Gasteiger partial charge on any atom is -0.289 e. The zero-order valence-corrected chi connectivity index (χ0v) is 10.3. The molecule has 16 heavy (non-hydrogen) atoms. The number of rotatable bonds is 2. The standard InChI is InChI=1S/C13H12Cl2O/c14-11-6-10(7-12(15)8-11)13(16)9-4-2-1-3-5-9/h4,6-8H,1-3,5H2. The molecule has 0 atom stereocenters. The van der Waals surface area contributed by atoms with E-state index in [2.05, 4.69) is 0 Å². The molecular weight excluding hydrogens is 243 g/mol. The third-order valence-corrected chi connectivity index (χ3v) is 3.14. The molecule has 84 valence electrons. The van der Waals surface area contributed by atoms with Crippen LogP contribution >= 0.6 is 23.2 Å². The Hall–Kier alpha value is -0.790. The van der Waals surface area contributed by atoms with Crippen molar-refractivity contribution >= 4 is 29.0 Å². The molecule has 0 saturated heterocycles. The molecule has 3 heteroatoms. The van der Waals surface area contributed by atoms with E-state index in [9.17, 15) is 4.79 Å². The largest absolute Gasteiger partial charge is 0.289 e. The van der Waals surface area contributed by atoms with Crippen LogP contribution in [0.1, 0.15) is 36.0 Å². The second-order valence-corrected chi connectivity index (χ2v) is 4.84. The average Bonchev–Trinajstić information content (AvgIpc) is 2.28. The van der Waals surface area contributed by atoms with E-state index in [4.69, 9.17) is 23.2 Å². The molecule has 1 nitrogen and oxygen atoms in total. The molecule has 0 fully saturated rings. The second-order valence-electron chi connectivity index (χ2n) is 3.96. The van der Waals surface area contributed by atoms with Gasteiger partial charge in [0, 0.05) is 15.6 Å². The summed E-state index contributed by atoms with van der Waals surface area (Å²) in [5.41, 5.74) is 1.48. The van der Waals surface area contributed by atoms with Crippen LogP contribution in [0.5, 0.6) is 0 Å². The number of hydrogen-bond donors (Lipinski definition) is 0. The van der Waals surface area contributed by atoms with Gasteiger partial charge in [-0.15, -0.1) is 0 Å². The fourth-order valence-electron chi connectivity index (χ4n) is 1.91. The molecule has 0 saturated carbocycles. The fourth-order valence-corrected chi connectivity index (χ4v) is 2.44. The summed E-state index contributed by atoms with van der Waals surface area (Å²) in [5, 5.41) is 1.01. The Morgan fingerprint density at radius 1 is 1.06 bits per heavy atom. The lowest BCUT2D eigenvalue weighted by molar-refractivity contribution is 0.102. The van der Waals surface area contributed by atoms with E-state index in [0.717, 1.165) is 24.8 Å². The Labute approximate surface area is 105 Å². The van der Waals surface area contributed by atoms with Crippen LogP contribution in [0.4, 0.5) is 0 Å². The molecule has 0 heterocycles. The first-order valence-electron chi connectivity index (χ1n) is 5.36. The van der Waals surface area contributed by atoms with Gasteiger partial charge in [-0.3, -0.25) is 4.79 Å². The molecule has 2 rings (SSSR count). The number of carbonyl (C=O) groups is 1. The maximum Gasteiger partial charge on any atom is 0.188 e. The zero-order valence-electron chi connectivity index (χ0n) is 8.80. The molecule has 0 unspecified atom stereocenters. The lowest BCUT2D eigenvalue weighted by atomic mass is 9.93. The molecule has 1 aromatic rings. The normalized spacial score (nSPS) is 15.8. The van der Waals surface area contributed by atoms with Crippen molar-refractivity contribution in [1.29, 1.82) is 0 Å². The fraction of sp³-hybridized carbons (Fsp3) is 0.308. The number of ketones is 1. The van der Waals surface area contributed by atoms with Gasteiger partial charge in [0.05, 0.1) is 0 Å². The Morgan fingerprint density at radius 3 is 2.31 bits per heavy atom. The quantitative estimate of drug-likeness (QED) is 0.701. The van der Waals surface area contributed by atoms with E-state index < -0.39 is 0 Å². The third-order valence-electron chi connectivity index (χ3n) is 2.71. The SMILES string of the molecule is O=C(C1=CCCCC1)c1cc(Cl)cc(Cl)c1. The predicted molar refractivity (Wildman–Crippen MR) is 67.3 cm³/mol. The van der Waals surface area contributed by atoms with Gasteiger partial charge >= 0.3 is 0 Å². The summed E-state index contributed by atoms with van der Waals surface area (Å²) in [6.45, 7) is 0. The van der Waals surface area contributed by atoms with Gasteiger partial charge in [0.1, 0.15) is 0 Å². The zero-order chi connectivity index (χ0) is 11.5. The molecule has 0 spiro atoms. The molecule has 0 radical (unpaired) electrons. The van der Waals surface area contributed by atoms with Crippen molar-refractivity contribution in [3.05, 3.63) is 45.5 Å². The van der Waals surface area contributed by atoms with Crippen molar-refractivity contribution in [1.82, 2.24) is 0 Å². The van der Waals surface area contributed by atoms with Gasteiger partial charge in [-0.2, -0.15) is 0 Å². The van der Waals surface area contributed by atoms with Crippen molar-refractivity contribution in [3.63, 3.8) is 0 Å². The Morgan fingerprint density at radius 2 is 1.75 bits per heavy atom. The molecule has 0 amide bonds. The minimum atomic E-state index is 0.0594. The molecule has 1 aliphatic rings. The number of halogens is 2. The van der Waals surface area contributed by atoms with Crippen LogP contribution in [0, 0.1) is 0 Å². The van der Waals surface area contributed by atoms with Crippen LogP contribution in [0.15, 0.2) is 29.8 Å². The average molecular weight is 255 g/mol. The lowest BCUT2D eigenvalue weighted by Gasteiger charge is -2.11. The van der Waals surface area contributed by atoms with Crippen LogP contribution in [0.25, 0.3) is 0 Å². The molecule has 1 aromatic carbocycles. The minimum absolute atomic E-state index is 0.0594. The van der Waals surface area contributed by atoms with Crippen molar-refractivity contribution in [2.24, 2.45) is 0 Å². The third kappa shape index (κ3) is 2.66. The smallest absolute Gasteiger partial charge is 0.188 e. The highest BCUT2D eigenvalue weighted by Gasteiger charge is 2.15. The number of allylic oxidation sites excluding steroid dienone is 2. The van der Waals surface area contributed by atoms with Crippen molar-refractivity contribution in [2.75, 3.05) is 0 Å². The van der Waals surface area contributed by atoms with Crippen molar-refractivity contribution in [2.45, 2.75) is 25.7 Å². The Balaban J connectivity index is 2.29. The summed E-state index contributed by atoms with van der Waals surface area (Å²) in [4.78, 5) is 12.1. The van der Waals surface area contributed by atoms with Gasteiger partial charge in [0.2, 0.25) is 0 Å². The lowest BCUT2D eigenvalue weighted by Crippen LogP contribution is -2.06. The van der Waals surface area contributed by atoms with Crippen LogP contribution in [0.2, 0.25) is 10.0 Å². The summed E-state index contributed by atoms with van der Waals surface area (Å²) < 4.78 is 0. The number of Topliss-reactive ketones (excluding diaryl/α,β-unsaturated/α-hetero) is 1. The first kappa shape index (κ1) is 11.7. The van der Waals surface area contributed by atoms with E-state index in [-0.39, 0.29) is 5.78 Å². The maximum atomic E-state index is 12.1. The van der Waals surface area contributed by atoms with Crippen LogP contribution in [0.3, 0.4) is 0 Å². The highest BCUT2D eigenvalue weighted by atomic mass is 35.5. The summed E-state index contributed by atoms with van der Waals surface area (Å²) >= 11 is 11.8. The van der Waals surface area contributed by atoms with E-state index >= 15 is 0 Å². The van der Waals surface area contributed by atoms with Crippen LogP contribution < -0.4 is 0 Å².